The van der Waals surface area contributed by atoms with Crippen LogP contribution in [0.25, 0.3) is 10.7 Å². The van der Waals surface area contributed by atoms with Crippen molar-refractivity contribution in [3.63, 3.8) is 0 Å². The quantitative estimate of drug-likeness (QED) is 0.715. The maximum absolute atomic E-state index is 12.8. The van der Waals surface area contributed by atoms with Crippen LogP contribution in [0, 0.1) is 0 Å². The van der Waals surface area contributed by atoms with E-state index in [4.69, 9.17) is 0 Å². The molecule has 1 aliphatic carbocycles. The molecule has 3 fully saturated rings. The van der Waals surface area contributed by atoms with Crippen molar-refractivity contribution in [3.05, 3.63) is 23.7 Å². The molecule has 0 radical (unpaired) electrons. The Hall–Kier alpha value is -2.10. The van der Waals surface area contributed by atoms with Crippen LogP contribution in [-0.4, -0.2) is 101 Å². The molecule has 0 aromatic carbocycles. The van der Waals surface area contributed by atoms with Gasteiger partial charge in [0.25, 0.3) is 0 Å². The first kappa shape index (κ1) is 19.8. The Bertz CT molecular complexity index is 824. The van der Waals surface area contributed by atoms with Crippen molar-refractivity contribution in [2.45, 2.75) is 25.3 Å². The van der Waals surface area contributed by atoms with Crippen molar-refractivity contribution in [2.24, 2.45) is 0 Å². The minimum Gasteiger partial charge on any atom is -0.353 e. The summed E-state index contributed by atoms with van der Waals surface area (Å²) in [5, 5.41) is 11.6. The highest BCUT2D eigenvalue weighted by Gasteiger charge is 2.30. The van der Waals surface area contributed by atoms with Crippen molar-refractivity contribution in [2.75, 3.05) is 63.8 Å². The summed E-state index contributed by atoms with van der Waals surface area (Å²) >= 11 is 1.57. The second kappa shape index (κ2) is 8.95. The van der Waals surface area contributed by atoms with Gasteiger partial charge in [0.15, 0.2) is 5.82 Å². The number of amides is 1. The van der Waals surface area contributed by atoms with Gasteiger partial charge in [0.2, 0.25) is 5.91 Å². The van der Waals surface area contributed by atoms with Crippen LogP contribution in [-0.2, 0) is 4.79 Å². The highest BCUT2D eigenvalue weighted by molar-refractivity contribution is 7.13. The van der Waals surface area contributed by atoms with Gasteiger partial charge in [0, 0.05) is 70.0 Å². The highest BCUT2D eigenvalue weighted by atomic mass is 32.1. The number of anilines is 1. The number of carbonyl (C=O) groups excluding carboxylic acids is 1. The number of hydrogen-bond donors (Lipinski definition) is 0. The fourth-order valence-corrected chi connectivity index (χ4v) is 5.07. The van der Waals surface area contributed by atoms with Crippen molar-refractivity contribution >= 4 is 23.1 Å². The van der Waals surface area contributed by atoms with Crippen LogP contribution in [0.15, 0.2) is 23.7 Å². The molecule has 0 unspecified atom stereocenters. The Kier molecular flexibility index (Phi) is 5.92. The van der Waals surface area contributed by atoms with Crippen LogP contribution in [0.3, 0.4) is 0 Å². The van der Waals surface area contributed by atoms with Crippen molar-refractivity contribution in [3.8, 4) is 10.7 Å². The largest absolute Gasteiger partial charge is 0.353 e. The van der Waals surface area contributed by atoms with Crippen LogP contribution in [0.1, 0.15) is 19.3 Å². The molecule has 0 N–H and O–H groups in total. The van der Waals surface area contributed by atoms with E-state index in [0.29, 0.717) is 6.54 Å². The van der Waals surface area contributed by atoms with Gasteiger partial charge in [-0.25, -0.2) is 4.98 Å². The standard InChI is InChI=1S/C21H29N7OS/c29-20(28-13-11-26(12-14-28)17-2-1-3-17)16-25-7-9-27(10-8-25)19-5-4-18(23-24-19)21-22-6-15-30-21/h4-6,15,17H,1-3,7-14,16H2. The average molecular weight is 428 g/mol. The Morgan fingerprint density at radius 1 is 1.00 bits per heavy atom. The smallest absolute Gasteiger partial charge is 0.236 e. The first-order chi connectivity index (χ1) is 14.8. The fraction of sp³-hybridized carbons (Fsp3) is 0.619. The van der Waals surface area contributed by atoms with Crippen molar-refractivity contribution < 1.29 is 4.79 Å². The Morgan fingerprint density at radius 2 is 1.80 bits per heavy atom. The lowest BCUT2D eigenvalue weighted by atomic mass is 9.91. The number of aromatic nitrogens is 3. The molecule has 9 heteroatoms. The van der Waals surface area contributed by atoms with Crippen LogP contribution in [0.4, 0.5) is 5.82 Å². The minimum atomic E-state index is 0.282. The zero-order valence-corrected chi connectivity index (χ0v) is 18.1. The molecule has 2 aromatic heterocycles. The van der Waals surface area contributed by atoms with Crippen LogP contribution < -0.4 is 4.90 Å². The van der Waals surface area contributed by atoms with Gasteiger partial charge in [-0.05, 0) is 25.0 Å². The van der Waals surface area contributed by atoms with Gasteiger partial charge in [-0.3, -0.25) is 14.6 Å². The van der Waals surface area contributed by atoms with E-state index in [2.05, 4.69) is 34.8 Å². The molecule has 8 nitrogen and oxygen atoms in total. The van der Waals surface area contributed by atoms with Crippen molar-refractivity contribution in [1.82, 2.24) is 29.9 Å². The summed E-state index contributed by atoms with van der Waals surface area (Å²) in [5.74, 6) is 1.18. The van der Waals surface area contributed by atoms with E-state index in [0.717, 1.165) is 74.9 Å². The van der Waals surface area contributed by atoms with E-state index in [1.165, 1.54) is 19.3 Å². The van der Waals surface area contributed by atoms with Crippen LogP contribution >= 0.6 is 11.3 Å². The normalized spacial score (nSPS) is 21.6. The monoisotopic (exact) mass is 427 g/mol. The molecule has 2 aliphatic heterocycles. The molecule has 160 valence electrons. The number of carbonyl (C=O) groups is 1. The molecule has 0 bridgehead atoms. The van der Waals surface area contributed by atoms with Gasteiger partial charge in [-0.2, -0.15) is 0 Å². The lowest BCUT2D eigenvalue weighted by molar-refractivity contribution is -0.134. The predicted octanol–water partition coefficient (Wildman–Crippen LogP) is 1.42. The molecule has 2 saturated heterocycles. The van der Waals surface area contributed by atoms with Gasteiger partial charge in [-0.15, -0.1) is 21.5 Å². The number of rotatable bonds is 5. The number of hydrogen-bond acceptors (Lipinski definition) is 8. The zero-order chi connectivity index (χ0) is 20.3. The summed E-state index contributed by atoms with van der Waals surface area (Å²) in [6, 6.07) is 4.79. The van der Waals surface area contributed by atoms with E-state index in [9.17, 15) is 4.79 Å². The summed E-state index contributed by atoms with van der Waals surface area (Å²) < 4.78 is 0. The third-order valence-electron chi connectivity index (χ3n) is 6.62. The molecule has 0 spiro atoms. The van der Waals surface area contributed by atoms with E-state index in [1.807, 2.05) is 17.5 Å². The molecular formula is C21H29N7OS. The first-order valence-electron chi connectivity index (χ1n) is 11.0. The minimum absolute atomic E-state index is 0.282. The maximum Gasteiger partial charge on any atom is 0.236 e. The Labute approximate surface area is 181 Å². The first-order valence-corrected chi connectivity index (χ1v) is 11.9. The van der Waals surface area contributed by atoms with Gasteiger partial charge in [-0.1, -0.05) is 6.42 Å². The second-order valence-electron chi connectivity index (χ2n) is 8.38. The molecule has 3 aliphatic rings. The number of nitrogens with zero attached hydrogens (tertiary/aromatic N) is 7. The third kappa shape index (κ3) is 4.33. The molecule has 1 saturated carbocycles. The fourth-order valence-electron chi connectivity index (χ4n) is 4.47. The molecular weight excluding hydrogens is 398 g/mol. The van der Waals surface area contributed by atoms with Crippen LogP contribution in [0.5, 0.6) is 0 Å². The third-order valence-corrected chi connectivity index (χ3v) is 7.41. The molecule has 0 atom stereocenters. The number of thiazole rings is 1. The van der Waals surface area contributed by atoms with E-state index in [1.54, 1.807) is 17.5 Å². The lowest BCUT2D eigenvalue weighted by Crippen LogP contribution is -2.56. The summed E-state index contributed by atoms with van der Waals surface area (Å²) in [6.45, 7) is 7.88. The van der Waals surface area contributed by atoms with E-state index < -0.39 is 0 Å². The molecule has 2 aromatic rings. The summed E-state index contributed by atoms with van der Waals surface area (Å²) in [5.41, 5.74) is 0.815. The topological polar surface area (TPSA) is 68.7 Å². The van der Waals surface area contributed by atoms with Gasteiger partial charge >= 0.3 is 0 Å². The number of piperazine rings is 2. The Morgan fingerprint density at radius 3 is 2.40 bits per heavy atom. The van der Waals surface area contributed by atoms with Gasteiger partial charge in [0.1, 0.15) is 10.7 Å². The van der Waals surface area contributed by atoms with E-state index in [-0.39, 0.29) is 5.91 Å². The second-order valence-corrected chi connectivity index (χ2v) is 9.27. The lowest BCUT2D eigenvalue weighted by Gasteiger charge is -2.43. The molecule has 5 rings (SSSR count). The average Bonchev–Trinajstić information content (AvgIpc) is 3.29. The highest BCUT2D eigenvalue weighted by Crippen LogP contribution is 2.25. The zero-order valence-electron chi connectivity index (χ0n) is 17.3. The maximum atomic E-state index is 12.8. The van der Waals surface area contributed by atoms with Crippen LogP contribution in [0.2, 0.25) is 0 Å². The van der Waals surface area contributed by atoms with E-state index >= 15 is 0 Å². The summed E-state index contributed by atoms with van der Waals surface area (Å²) in [7, 11) is 0. The summed E-state index contributed by atoms with van der Waals surface area (Å²) in [4.78, 5) is 26.2. The molecule has 4 heterocycles. The predicted molar refractivity (Wildman–Crippen MR) is 118 cm³/mol. The summed E-state index contributed by atoms with van der Waals surface area (Å²) in [6.07, 6.45) is 5.84. The Balaban J connectivity index is 1.07. The SMILES string of the molecule is O=C(CN1CCN(c2ccc(-c3nccs3)nn2)CC1)N1CCN(C2CCC2)CC1. The molecule has 1 amide bonds. The molecule has 30 heavy (non-hydrogen) atoms. The van der Waals surface area contributed by atoms with Gasteiger partial charge < -0.3 is 9.80 Å². The van der Waals surface area contributed by atoms with Crippen molar-refractivity contribution in [1.29, 1.82) is 0 Å². The van der Waals surface area contributed by atoms with Gasteiger partial charge in [0.05, 0.1) is 6.54 Å².